The summed E-state index contributed by atoms with van der Waals surface area (Å²) in [5, 5.41) is 1.41. The predicted molar refractivity (Wildman–Crippen MR) is 85.6 cm³/mol. The lowest BCUT2D eigenvalue weighted by atomic mass is 10.00. The van der Waals surface area contributed by atoms with Gasteiger partial charge >= 0.3 is 0 Å². The van der Waals surface area contributed by atoms with E-state index >= 15 is 0 Å². The third-order valence-corrected chi connectivity index (χ3v) is 5.13. The van der Waals surface area contributed by atoms with Crippen molar-refractivity contribution < 1.29 is 4.74 Å². The maximum Gasteiger partial charge on any atom is 0.0872 e. The number of halogens is 2. The molecular weight excluding hydrogens is 309 g/mol. The van der Waals surface area contributed by atoms with E-state index in [9.17, 15) is 0 Å². The second-order valence-corrected chi connectivity index (χ2v) is 6.72. The summed E-state index contributed by atoms with van der Waals surface area (Å²) in [6.07, 6.45) is 3.30. The second kappa shape index (κ2) is 6.82. The molecule has 1 aromatic rings. The standard InChI is InChI=1S/C15H21Cl2N3O/c16-11-3-4-13(17)10(6-11)7-14(19-18)15-8-20-5-1-2-12(20)9-21-15/h3-4,6,12,14-15,19H,1-2,5,7-9,18H2. The summed E-state index contributed by atoms with van der Waals surface area (Å²) in [6.45, 7) is 2.89. The summed E-state index contributed by atoms with van der Waals surface area (Å²) in [6, 6.07) is 6.14. The largest absolute Gasteiger partial charge is 0.374 e. The van der Waals surface area contributed by atoms with Gasteiger partial charge < -0.3 is 4.74 Å². The fourth-order valence-corrected chi connectivity index (χ4v) is 3.71. The summed E-state index contributed by atoms with van der Waals surface area (Å²) in [4.78, 5) is 2.51. The zero-order valence-electron chi connectivity index (χ0n) is 11.9. The Hall–Kier alpha value is -0.360. The van der Waals surface area contributed by atoms with Gasteiger partial charge in [0.05, 0.1) is 18.8 Å². The van der Waals surface area contributed by atoms with Crippen LogP contribution in [-0.4, -0.2) is 42.8 Å². The van der Waals surface area contributed by atoms with Crippen LogP contribution in [0, 0.1) is 0 Å². The van der Waals surface area contributed by atoms with Crippen LogP contribution in [0.5, 0.6) is 0 Å². The van der Waals surface area contributed by atoms with Gasteiger partial charge in [-0.15, -0.1) is 0 Å². The Morgan fingerprint density at radius 3 is 3.10 bits per heavy atom. The van der Waals surface area contributed by atoms with Crippen molar-refractivity contribution in [3.63, 3.8) is 0 Å². The molecule has 3 unspecified atom stereocenters. The van der Waals surface area contributed by atoms with Crippen molar-refractivity contribution in [2.45, 2.75) is 37.5 Å². The second-order valence-electron chi connectivity index (χ2n) is 5.88. The first-order valence-corrected chi connectivity index (χ1v) is 8.18. The van der Waals surface area contributed by atoms with Crippen LogP contribution in [-0.2, 0) is 11.2 Å². The van der Waals surface area contributed by atoms with Crippen molar-refractivity contribution >= 4 is 23.2 Å². The molecule has 0 aliphatic carbocycles. The number of hydrogen-bond donors (Lipinski definition) is 2. The predicted octanol–water partition coefficient (Wildman–Crippen LogP) is 2.23. The van der Waals surface area contributed by atoms with E-state index in [1.807, 2.05) is 12.1 Å². The molecule has 2 fully saturated rings. The van der Waals surface area contributed by atoms with Gasteiger partial charge in [0.1, 0.15) is 0 Å². The molecule has 116 valence electrons. The van der Waals surface area contributed by atoms with Gasteiger partial charge in [0.15, 0.2) is 0 Å². The lowest BCUT2D eigenvalue weighted by molar-refractivity contribution is -0.0644. The van der Waals surface area contributed by atoms with Gasteiger partial charge in [0.2, 0.25) is 0 Å². The molecular formula is C15H21Cl2N3O. The lowest BCUT2D eigenvalue weighted by Crippen LogP contribution is -2.56. The van der Waals surface area contributed by atoms with Crippen molar-refractivity contribution in [3.05, 3.63) is 33.8 Å². The zero-order chi connectivity index (χ0) is 14.8. The molecule has 2 aliphatic heterocycles. The molecule has 2 saturated heterocycles. The Labute approximate surface area is 135 Å². The first kappa shape index (κ1) is 15.5. The fraction of sp³-hybridized carbons (Fsp3) is 0.600. The number of ether oxygens (including phenoxy) is 1. The van der Waals surface area contributed by atoms with E-state index in [4.69, 9.17) is 33.8 Å². The van der Waals surface area contributed by atoms with E-state index in [-0.39, 0.29) is 12.1 Å². The zero-order valence-corrected chi connectivity index (χ0v) is 13.4. The highest BCUT2D eigenvalue weighted by molar-refractivity contribution is 6.33. The summed E-state index contributed by atoms with van der Waals surface area (Å²) in [5.74, 6) is 5.75. The van der Waals surface area contributed by atoms with Crippen molar-refractivity contribution in [1.29, 1.82) is 0 Å². The van der Waals surface area contributed by atoms with Crippen LogP contribution in [0.25, 0.3) is 0 Å². The van der Waals surface area contributed by atoms with Crippen LogP contribution in [0.2, 0.25) is 10.0 Å². The van der Waals surface area contributed by atoms with Gasteiger partial charge in [-0.3, -0.25) is 16.2 Å². The first-order valence-electron chi connectivity index (χ1n) is 7.43. The van der Waals surface area contributed by atoms with E-state index in [0.29, 0.717) is 17.5 Å². The van der Waals surface area contributed by atoms with Gasteiger partial charge in [0.25, 0.3) is 0 Å². The number of morpholine rings is 1. The number of hydrazine groups is 1. The number of nitrogens with one attached hydrogen (secondary N) is 1. The molecule has 6 heteroatoms. The molecule has 3 N–H and O–H groups in total. The van der Waals surface area contributed by atoms with E-state index < -0.39 is 0 Å². The molecule has 0 aromatic heterocycles. The van der Waals surface area contributed by atoms with E-state index in [0.717, 1.165) is 23.7 Å². The van der Waals surface area contributed by atoms with Crippen molar-refractivity contribution in [3.8, 4) is 0 Å². The highest BCUT2D eigenvalue weighted by Gasteiger charge is 2.35. The third kappa shape index (κ3) is 3.52. The smallest absolute Gasteiger partial charge is 0.0872 e. The molecule has 0 amide bonds. The number of hydrogen-bond acceptors (Lipinski definition) is 4. The minimum atomic E-state index is 0.0301. The van der Waals surface area contributed by atoms with Crippen LogP contribution < -0.4 is 11.3 Å². The number of benzene rings is 1. The minimum Gasteiger partial charge on any atom is -0.374 e. The van der Waals surface area contributed by atoms with Crippen LogP contribution >= 0.6 is 23.2 Å². The molecule has 2 aliphatic rings. The Morgan fingerprint density at radius 1 is 1.43 bits per heavy atom. The number of nitrogens with two attached hydrogens (primary N) is 1. The molecule has 4 nitrogen and oxygen atoms in total. The lowest BCUT2D eigenvalue weighted by Gasteiger charge is -2.38. The molecule has 0 saturated carbocycles. The van der Waals surface area contributed by atoms with Gasteiger partial charge in [0, 0.05) is 22.6 Å². The third-order valence-electron chi connectivity index (χ3n) is 4.53. The Kier molecular flexibility index (Phi) is 5.04. The summed E-state index contributed by atoms with van der Waals surface area (Å²) in [7, 11) is 0. The van der Waals surface area contributed by atoms with Crippen LogP contribution in [0.4, 0.5) is 0 Å². The minimum absolute atomic E-state index is 0.0301. The average molecular weight is 330 g/mol. The maximum atomic E-state index is 6.25. The molecule has 2 heterocycles. The van der Waals surface area contributed by atoms with Gasteiger partial charge in [-0.25, -0.2) is 0 Å². The number of rotatable bonds is 4. The summed E-state index contributed by atoms with van der Waals surface area (Å²) < 4.78 is 6.03. The molecule has 0 spiro atoms. The van der Waals surface area contributed by atoms with Gasteiger partial charge in [-0.2, -0.15) is 0 Å². The molecule has 0 radical (unpaired) electrons. The number of fused-ring (bicyclic) bond motifs is 1. The van der Waals surface area contributed by atoms with Gasteiger partial charge in [-0.1, -0.05) is 23.2 Å². The Morgan fingerprint density at radius 2 is 2.29 bits per heavy atom. The van der Waals surface area contributed by atoms with Crippen molar-refractivity contribution in [2.24, 2.45) is 5.84 Å². The number of nitrogens with zero attached hydrogens (tertiary/aromatic N) is 1. The Balaban J connectivity index is 1.68. The SMILES string of the molecule is NNC(Cc1cc(Cl)ccc1Cl)C1CN2CCCC2CO1. The van der Waals surface area contributed by atoms with Crippen molar-refractivity contribution in [2.75, 3.05) is 19.7 Å². The molecule has 1 aromatic carbocycles. The molecule has 3 rings (SSSR count). The summed E-state index contributed by atoms with van der Waals surface area (Å²) in [5.41, 5.74) is 3.89. The fourth-order valence-electron chi connectivity index (χ4n) is 3.32. The van der Waals surface area contributed by atoms with Gasteiger partial charge in [-0.05, 0) is 49.6 Å². The highest BCUT2D eigenvalue weighted by atomic mass is 35.5. The average Bonchev–Trinajstić information content (AvgIpc) is 2.95. The quantitative estimate of drug-likeness (QED) is 0.657. The topological polar surface area (TPSA) is 50.5 Å². The molecule has 0 bridgehead atoms. The van der Waals surface area contributed by atoms with E-state index in [2.05, 4.69) is 10.3 Å². The van der Waals surface area contributed by atoms with Crippen LogP contribution in [0.1, 0.15) is 18.4 Å². The molecule has 3 atom stereocenters. The normalized spacial score (nSPS) is 27.6. The Bertz CT molecular complexity index is 500. The van der Waals surface area contributed by atoms with Crippen LogP contribution in [0.15, 0.2) is 18.2 Å². The summed E-state index contributed by atoms with van der Waals surface area (Å²) >= 11 is 12.3. The molecule has 21 heavy (non-hydrogen) atoms. The van der Waals surface area contributed by atoms with Crippen molar-refractivity contribution in [1.82, 2.24) is 10.3 Å². The van der Waals surface area contributed by atoms with Crippen LogP contribution in [0.3, 0.4) is 0 Å². The van der Waals surface area contributed by atoms with E-state index in [1.165, 1.54) is 19.4 Å². The monoisotopic (exact) mass is 329 g/mol. The van der Waals surface area contributed by atoms with E-state index in [1.54, 1.807) is 6.07 Å². The first-order chi connectivity index (χ1) is 10.2. The maximum absolute atomic E-state index is 6.25. The highest BCUT2D eigenvalue weighted by Crippen LogP contribution is 2.26.